The highest BCUT2D eigenvalue weighted by molar-refractivity contribution is 5.98. The first-order chi connectivity index (χ1) is 16.6. The van der Waals surface area contributed by atoms with Gasteiger partial charge in [-0.3, -0.25) is 0 Å². The second-order valence-corrected chi connectivity index (χ2v) is 8.92. The third-order valence-corrected chi connectivity index (χ3v) is 6.72. The molecule has 0 saturated heterocycles. The average Bonchev–Trinajstić information content (AvgIpc) is 3.26. The van der Waals surface area contributed by atoms with Gasteiger partial charge in [0.05, 0.1) is 18.4 Å². The zero-order chi connectivity index (χ0) is 23.5. The van der Waals surface area contributed by atoms with Crippen LogP contribution in [0.2, 0.25) is 0 Å². The lowest BCUT2D eigenvalue weighted by atomic mass is 9.81. The number of rotatable bonds is 6. The maximum atomic E-state index is 14.3. The Bertz CT molecular complexity index is 1310. The number of H-pyrrole nitrogens is 1. The summed E-state index contributed by atoms with van der Waals surface area (Å²) in [5, 5.41) is 1.09. The molecule has 1 heterocycles. The zero-order valence-electron chi connectivity index (χ0n) is 19.3. The van der Waals surface area contributed by atoms with Crippen LogP contribution in [0.3, 0.4) is 0 Å². The molecule has 4 nitrogen and oxygen atoms in total. The zero-order valence-corrected chi connectivity index (χ0v) is 19.3. The number of carbonyl (C=O) groups is 1. The van der Waals surface area contributed by atoms with Gasteiger partial charge in [-0.25, -0.2) is 9.18 Å². The molecule has 1 aliphatic rings. The fraction of sp³-hybridized carbons (Fsp3) is 0.276. The topological polar surface area (TPSA) is 51.3 Å². The van der Waals surface area contributed by atoms with Crippen LogP contribution >= 0.6 is 0 Å². The maximum absolute atomic E-state index is 14.3. The van der Waals surface area contributed by atoms with Gasteiger partial charge < -0.3 is 14.5 Å². The van der Waals surface area contributed by atoms with E-state index < -0.39 is 0 Å². The van der Waals surface area contributed by atoms with Crippen LogP contribution in [0.4, 0.5) is 4.39 Å². The Hall–Kier alpha value is -3.60. The van der Waals surface area contributed by atoms with Crippen molar-refractivity contribution in [3.05, 3.63) is 89.2 Å². The summed E-state index contributed by atoms with van der Waals surface area (Å²) in [6.07, 6.45) is 5.86. The van der Waals surface area contributed by atoms with Crippen LogP contribution in [0.5, 0.6) is 5.75 Å². The molecule has 1 saturated carbocycles. The number of aromatic amines is 1. The number of hydrogen-bond acceptors (Lipinski definition) is 3. The Morgan fingerprint density at radius 3 is 2.56 bits per heavy atom. The van der Waals surface area contributed by atoms with E-state index in [2.05, 4.69) is 4.98 Å². The molecule has 3 aromatic carbocycles. The van der Waals surface area contributed by atoms with E-state index in [-0.39, 0.29) is 11.8 Å². The van der Waals surface area contributed by atoms with Gasteiger partial charge in [0.2, 0.25) is 0 Å². The molecule has 1 aromatic heterocycles. The van der Waals surface area contributed by atoms with Crippen molar-refractivity contribution in [1.29, 1.82) is 0 Å². The summed E-state index contributed by atoms with van der Waals surface area (Å²) in [4.78, 5) is 15.7. The third kappa shape index (κ3) is 4.43. The number of fused-ring (bicyclic) bond motifs is 1. The van der Waals surface area contributed by atoms with E-state index in [4.69, 9.17) is 9.47 Å². The van der Waals surface area contributed by atoms with Crippen molar-refractivity contribution in [3.63, 3.8) is 0 Å². The molecule has 0 atom stereocenters. The number of esters is 1. The summed E-state index contributed by atoms with van der Waals surface area (Å²) in [6, 6.07) is 20.2. The fourth-order valence-electron chi connectivity index (χ4n) is 5.05. The van der Waals surface area contributed by atoms with Gasteiger partial charge in [0.25, 0.3) is 0 Å². The summed E-state index contributed by atoms with van der Waals surface area (Å²) in [7, 11) is 1.38. The molecule has 1 aliphatic carbocycles. The second-order valence-electron chi connectivity index (χ2n) is 8.92. The van der Waals surface area contributed by atoms with Crippen molar-refractivity contribution in [2.24, 2.45) is 0 Å². The summed E-state index contributed by atoms with van der Waals surface area (Å²) in [6.45, 7) is 0.350. The highest BCUT2D eigenvalue weighted by atomic mass is 19.1. The Balaban J connectivity index is 1.62. The molecule has 174 valence electrons. The fourth-order valence-corrected chi connectivity index (χ4v) is 5.05. The molecule has 5 heteroatoms. The predicted octanol–water partition coefficient (Wildman–Crippen LogP) is 7.39. The number of nitrogens with one attached hydrogen (secondary N) is 1. The Morgan fingerprint density at radius 1 is 1.00 bits per heavy atom. The first-order valence-electron chi connectivity index (χ1n) is 11.8. The minimum absolute atomic E-state index is 0.338. The molecular formula is C29H28FNO3. The molecule has 0 radical (unpaired) electrons. The normalized spacial score (nSPS) is 14.3. The maximum Gasteiger partial charge on any atom is 0.337 e. The van der Waals surface area contributed by atoms with Gasteiger partial charge in [-0.2, -0.15) is 0 Å². The molecule has 0 bridgehead atoms. The van der Waals surface area contributed by atoms with Gasteiger partial charge >= 0.3 is 5.97 Å². The summed E-state index contributed by atoms with van der Waals surface area (Å²) < 4.78 is 25.3. The van der Waals surface area contributed by atoms with Gasteiger partial charge in [-0.1, -0.05) is 55.7 Å². The van der Waals surface area contributed by atoms with Crippen molar-refractivity contribution in [1.82, 2.24) is 4.98 Å². The first kappa shape index (κ1) is 22.2. The van der Waals surface area contributed by atoms with Crippen molar-refractivity contribution < 1.29 is 18.7 Å². The number of carbonyl (C=O) groups excluding carboxylic acids is 1. The van der Waals surface area contributed by atoms with Gasteiger partial charge in [-0.15, -0.1) is 0 Å². The van der Waals surface area contributed by atoms with Crippen LogP contribution in [-0.4, -0.2) is 18.1 Å². The molecule has 0 amide bonds. The van der Waals surface area contributed by atoms with E-state index in [0.717, 1.165) is 40.6 Å². The SMILES string of the molecule is COC(=O)c1ccc2c(C3CCCCC3)c(-c3ccc(F)cc3OCc3ccccc3)[nH]c2c1. The number of aromatic nitrogens is 1. The summed E-state index contributed by atoms with van der Waals surface area (Å²) in [5.41, 5.74) is 5.38. The van der Waals surface area contributed by atoms with Crippen molar-refractivity contribution >= 4 is 16.9 Å². The standard InChI is InChI=1S/C29H28FNO3/c1-33-29(32)21-12-14-23-25(16-21)31-28(27(23)20-10-6-3-7-11-20)24-15-13-22(30)17-26(24)34-18-19-8-4-2-5-9-19/h2,4-5,8-9,12-17,20,31H,3,6-7,10-11,18H2,1H3. The molecule has 4 aromatic rings. The molecule has 34 heavy (non-hydrogen) atoms. The van der Waals surface area contributed by atoms with E-state index in [1.54, 1.807) is 6.07 Å². The first-order valence-corrected chi connectivity index (χ1v) is 11.8. The van der Waals surface area contributed by atoms with Crippen molar-refractivity contribution in [2.75, 3.05) is 7.11 Å². The van der Waals surface area contributed by atoms with E-state index >= 15 is 0 Å². The predicted molar refractivity (Wildman–Crippen MR) is 132 cm³/mol. The Labute approximate surface area is 198 Å². The molecule has 1 fully saturated rings. The lowest BCUT2D eigenvalue weighted by molar-refractivity contribution is 0.0601. The van der Waals surface area contributed by atoms with E-state index in [0.29, 0.717) is 23.8 Å². The number of benzene rings is 3. The average molecular weight is 458 g/mol. The van der Waals surface area contributed by atoms with Crippen LogP contribution < -0.4 is 4.74 Å². The van der Waals surface area contributed by atoms with Crippen molar-refractivity contribution in [2.45, 2.75) is 44.6 Å². The molecule has 5 rings (SSSR count). The molecular weight excluding hydrogens is 429 g/mol. The van der Waals surface area contributed by atoms with Crippen LogP contribution in [-0.2, 0) is 11.3 Å². The van der Waals surface area contributed by atoms with Gasteiger partial charge in [-0.05, 0) is 54.2 Å². The Morgan fingerprint density at radius 2 is 1.79 bits per heavy atom. The van der Waals surface area contributed by atoms with E-state index in [1.165, 1.54) is 44.1 Å². The quantitative estimate of drug-likeness (QED) is 0.307. The molecule has 1 N–H and O–H groups in total. The lowest BCUT2D eigenvalue weighted by Crippen LogP contribution is -2.06. The molecule has 0 aliphatic heterocycles. The number of halogens is 1. The summed E-state index contributed by atoms with van der Waals surface area (Å²) in [5.74, 6) is 0.190. The minimum Gasteiger partial charge on any atom is -0.488 e. The highest BCUT2D eigenvalue weighted by Crippen LogP contribution is 2.44. The van der Waals surface area contributed by atoms with Crippen LogP contribution in [0.25, 0.3) is 22.2 Å². The van der Waals surface area contributed by atoms with Crippen molar-refractivity contribution in [3.8, 4) is 17.0 Å². The second kappa shape index (κ2) is 9.72. The number of methoxy groups -OCH3 is 1. The minimum atomic E-state index is -0.370. The van der Waals surface area contributed by atoms with Crippen LogP contribution in [0.1, 0.15) is 59.5 Å². The number of hydrogen-bond donors (Lipinski definition) is 1. The van der Waals surface area contributed by atoms with Crippen LogP contribution in [0, 0.1) is 5.82 Å². The molecule has 0 unspecified atom stereocenters. The smallest absolute Gasteiger partial charge is 0.337 e. The van der Waals surface area contributed by atoms with Gasteiger partial charge in [0, 0.05) is 22.5 Å². The summed E-state index contributed by atoms with van der Waals surface area (Å²) >= 11 is 0. The van der Waals surface area contributed by atoms with Gasteiger partial charge in [0.1, 0.15) is 18.2 Å². The lowest BCUT2D eigenvalue weighted by Gasteiger charge is -2.23. The molecule has 0 spiro atoms. The highest BCUT2D eigenvalue weighted by Gasteiger charge is 2.26. The third-order valence-electron chi connectivity index (χ3n) is 6.72. The van der Waals surface area contributed by atoms with Gasteiger partial charge in [0.15, 0.2) is 0 Å². The Kier molecular flexibility index (Phi) is 6.35. The number of ether oxygens (including phenoxy) is 2. The monoisotopic (exact) mass is 457 g/mol. The van der Waals surface area contributed by atoms with E-state index in [1.807, 2.05) is 48.5 Å². The largest absolute Gasteiger partial charge is 0.488 e. The van der Waals surface area contributed by atoms with Crippen LogP contribution in [0.15, 0.2) is 66.7 Å². The van der Waals surface area contributed by atoms with E-state index in [9.17, 15) is 9.18 Å².